The smallest absolute Gasteiger partial charge is 0.266 e. The number of hydrogen-bond acceptors (Lipinski definition) is 8. The molecular weight excluding hydrogens is 486 g/mol. The number of nitrogens with zero attached hydrogens (tertiary/aromatic N) is 5. The maximum atomic E-state index is 13.7. The molecule has 33 heavy (non-hydrogen) atoms. The molecule has 0 saturated carbocycles. The SMILES string of the molecule is COc1nc(-n2cc(S(N)(=O)=O)c3ccc(Cl)c(-n4cc(F)cn4)c32)nc(OC)c1OCF. The second-order valence-corrected chi connectivity index (χ2v) is 8.37. The van der Waals surface area contributed by atoms with Crippen molar-refractivity contribution < 1.29 is 31.4 Å². The van der Waals surface area contributed by atoms with E-state index in [0.29, 0.717) is 0 Å². The fraction of sp³-hybridized carbons (Fsp3) is 0.167. The highest BCUT2D eigenvalue weighted by atomic mass is 35.5. The Morgan fingerprint density at radius 1 is 1.15 bits per heavy atom. The van der Waals surface area contributed by atoms with E-state index >= 15 is 0 Å². The summed E-state index contributed by atoms with van der Waals surface area (Å²) in [6, 6.07) is 2.84. The summed E-state index contributed by atoms with van der Waals surface area (Å²) in [5.74, 6) is -1.41. The van der Waals surface area contributed by atoms with E-state index in [1.54, 1.807) is 0 Å². The van der Waals surface area contributed by atoms with Crippen molar-refractivity contribution in [1.82, 2.24) is 24.3 Å². The minimum absolute atomic E-state index is 0.113. The van der Waals surface area contributed by atoms with Gasteiger partial charge in [0.05, 0.1) is 37.2 Å². The Kier molecular flexibility index (Phi) is 5.82. The maximum Gasteiger partial charge on any atom is 0.266 e. The van der Waals surface area contributed by atoms with Crippen LogP contribution >= 0.6 is 11.6 Å². The van der Waals surface area contributed by atoms with Gasteiger partial charge in [-0.2, -0.15) is 15.1 Å². The first-order valence-corrected chi connectivity index (χ1v) is 10.9. The number of aromatic nitrogens is 5. The molecule has 4 rings (SSSR count). The van der Waals surface area contributed by atoms with Crippen molar-refractivity contribution in [2.45, 2.75) is 4.90 Å². The van der Waals surface area contributed by atoms with E-state index in [-0.39, 0.29) is 50.0 Å². The van der Waals surface area contributed by atoms with Crippen LogP contribution in [0.2, 0.25) is 5.02 Å². The Labute approximate surface area is 190 Å². The van der Waals surface area contributed by atoms with E-state index in [9.17, 15) is 17.2 Å². The molecule has 0 radical (unpaired) electrons. The summed E-state index contributed by atoms with van der Waals surface area (Å²) in [6.07, 6.45) is 3.16. The fourth-order valence-electron chi connectivity index (χ4n) is 3.24. The van der Waals surface area contributed by atoms with Gasteiger partial charge in [-0.25, -0.2) is 27.0 Å². The number of rotatable bonds is 7. The first-order valence-electron chi connectivity index (χ1n) is 8.95. The lowest BCUT2D eigenvalue weighted by Crippen LogP contribution is -2.11. The highest BCUT2D eigenvalue weighted by molar-refractivity contribution is 7.89. The largest absolute Gasteiger partial charge is 0.478 e. The first-order chi connectivity index (χ1) is 15.7. The molecule has 0 aliphatic heterocycles. The molecule has 0 amide bonds. The molecule has 0 aliphatic carbocycles. The third kappa shape index (κ3) is 3.92. The number of sulfonamides is 1. The Balaban J connectivity index is 2.13. The van der Waals surface area contributed by atoms with Crippen molar-refractivity contribution >= 4 is 32.5 Å². The minimum atomic E-state index is -4.23. The second-order valence-electron chi connectivity index (χ2n) is 6.43. The van der Waals surface area contributed by atoms with Crippen LogP contribution in [0.3, 0.4) is 0 Å². The van der Waals surface area contributed by atoms with Crippen LogP contribution in [0.25, 0.3) is 22.5 Å². The van der Waals surface area contributed by atoms with Crippen LogP contribution in [0.5, 0.6) is 17.5 Å². The minimum Gasteiger partial charge on any atom is -0.478 e. The molecule has 0 atom stereocenters. The van der Waals surface area contributed by atoms with Gasteiger partial charge in [-0.1, -0.05) is 11.6 Å². The molecule has 4 aromatic rings. The summed E-state index contributed by atoms with van der Waals surface area (Å²) in [5.41, 5.74) is 0.261. The highest BCUT2D eigenvalue weighted by Gasteiger charge is 2.26. The van der Waals surface area contributed by atoms with Crippen LogP contribution in [-0.2, 0) is 10.0 Å². The zero-order valence-electron chi connectivity index (χ0n) is 17.0. The van der Waals surface area contributed by atoms with Gasteiger partial charge >= 0.3 is 0 Å². The van der Waals surface area contributed by atoms with Crippen molar-refractivity contribution in [3.05, 3.63) is 41.6 Å². The zero-order chi connectivity index (χ0) is 23.9. The van der Waals surface area contributed by atoms with Crippen molar-refractivity contribution in [2.75, 3.05) is 21.1 Å². The Bertz CT molecular complexity index is 1450. The molecule has 15 heteroatoms. The van der Waals surface area contributed by atoms with Gasteiger partial charge in [-0.05, 0) is 12.1 Å². The molecule has 0 bridgehead atoms. The molecular formula is C18H15ClF2N6O5S. The molecule has 0 spiro atoms. The standard InChI is InChI=1S/C18H15ClF2N6O5S/c1-30-16-15(32-8-20)17(31-2)25-18(24-16)26-7-12(33(22,28)29)10-3-4-11(19)14(13(10)26)27-6-9(21)5-23-27/h3-7H,8H2,1-2H3,(H2,22,28,29). The molecule has 1 aromatic carbocycles. The molecule has 0 fully saturated rings. The van der Waals surface area contributed by atoms with E-state index in [2.05, 4.69) is 15.1 Å². The van der Waals surface area contributed by atoms with E-state index in [4.69, 9.17) is 31.0 Å². The average Bonchev–Trinajstić information content (AvgIpc) is 3.37. The normalized spacial score (nSPS) is 11.7. The van der Waals surface area contributed by atoms with Gasteiger partial charge in [0.1, 0.15) is 10.6 Å². The van der Waals surface area contributed by atoms with E-state index in [1.807, 2.05) is 0 Å². The number of nitrogens with two attached hydrogens (primary N) is 1. The summed E-state index contributed by atoms with van der Waals surface area (Å²) in [6.45, 7) is -1.21. The summed E-state index contributed by atoms with van der Waals surface area (Å²) in [7, 11) is -1.71. The lowest BCUT2D eigenvalue weighted by Gasteiger charge is -2.14. The molecule has 11 nitrogen and oxygen atoms in total. The lowest BCUT2D eigenvalue weighted by molar-refractivity contribution is 0.173. The van der Waals surface area contributed by atoms with Gasteiger partial charge in [0.25, 0.3) is 11.8 Å². The Morgan fingerprint density at radius 2 is 1.82 bits per heavy atom. The third-order valence-electron chi connectivity index (χ3n) is 4.53. The summed E-state index contributed by atoms with van der Waals surface area (Å²) in [4.78, 5) is 8.08. The van der Waals surface area contributed by atoms with Crippen LogP contribution in [0.15, 0.2) is 35.6 Å². The highest BCUT2D eigenvalue weighted by Crippen LogP contribution is 2.38. The number of halogens is 3. The van der Waals surface area contributed by atoms with Crippen molar-refractivity contribution in [3.63, 3.8) is 0 Å². The van der Waals surface area contributed by atoms with Crippen LogP contribution in [0, 0.1) is 5.82 Å². The quantitative estimate of drug-likeness (QED) is 0.408. The molecule has 3 aromatic heterocycles. The van der Waals surface area contributed by atoms with E-state index < -0.39 is 22.7 Å². The van der Waals surface area contributed by atoms with Crippen LogP contribution in [0.4, 0.5) is 8.78 Å². The van der Waals surface area contributed by atoms with E-state index in [0.717, 1.165) is 23.3 Å². The topological polar surface area (TPSA) is 136 Å². The zero-order valence-corrected chi connectivity index (χ0v) is 18.6. The predicted molar refractivity (Wildman–Crippen MR) is 112 cm³/mol. The Morgan fingerprint density at radius 3 is 2.33 bits per heavy atom. The molecule has 0 saturated heterocycles. The van der Waals surface area contributed by atoms with Crippen molar-refractivity contribution in [3.8, 4) is 29.1 Å². The summed E-state index contributed by atoms with van der Waals surface area (Å²) in [5, 5.41) is 9.58. The van der Waals surface area contributed by atoms with Gasteiger partial charge in [-0.3, -0.25) is 4.57 Å². The van der Waals surface area contributed by atoms with Gasteiger partial charge in [0.2, 0.25) is 28.6 Å². The number of hydrogen-bond donors (Lipinski definition) is 1. The monoisotopic (exact) mass is 500 g/mol. The number of benzene rings is 1. The van der Waals surface area contributed by atoms with Crippen molar-refractivity contribution in [1.29, 1.82) is 0 Å². The van der Waals surface area contributed by atoms with Gasteiger partial charge in [-0.15, -0.1) is 0 Å². The second kappa shape index (κ2) is 8.46. The fourth-order valence-corrected chi connectivity index (χ4v) is 4.20. The number of primary sulfonamides is 1. The molecule has 0 unspecified atom stereocenters. The maximum absolute atomic E-state index is 13.7. The van der Waals surface area contributed by atoms with Crippen LogP contribution < -0.4 is 19.3 Å². The van der Waals surface area contributed by atoms with Crippen LogP contribution in [0.1, 0.15) is 0 Å². The third-order valence-corrected chi connectivity index (χ3v) is 5.78. The first kappa shape index (κ1) is 22.7. The van der Waals surface area contributed by atoms with Gasteiger partial charge in [0, 0.05) is 11.6 Å². The average molecular weight is 501 g/mol. The molecule has 174 valence electrons. The number of fused-ring (bicyclic) bond motifs is 1. The van der Waals surface area contributed by atoms with Gasteiger partial charge < -0.3 is 14.2 Å². The van der Waals surface area contributed by atoms with Gasteiger partial charge in [0.15, 0.2) is 5.82 Å². The molecule has 2 N–H and O–H groups in total. The van der Waals surface area contributed by atoms with Crippen LogP contribution in [-0.4, -0.2) is 53.8 Å². The summed E-state index contributed by atoms with van der Waals surface area (Å²) < 4.78 is 68.7. The lowest BCUT2D eigenvalue weighted by atomic mass is 10.2. The number of ether oxygens (including phenoxy) is 3. The number of methoxy groups -OCH3 is 2. The Hall–Kier alpha value is -3.49. The molecule has 0 aliphatic rings. The predicted octanol–water partition coefficient (Wildman–Crippen LogP) is 2.37. The molecule has 3 heterocycles. The summed E-state index contributed by atoms with van der Waals surface area (Å²) >= 11 is 6.38. The van der Waals surface area contributed by atoms with Crippen molar-refractivity contribution in [2.24, 2.45) is 5.14 Å². The van der Waals surface area contributed by atoms with E-state index in [1.165, 1.54) is 30.9 Å². The number of alkyl halides is 1.